The minimum Gasteiger partial charge on any atom is -0.497 e. The zero-order chi connectivity index (χ0) is 26.8. The Hall–Kier alpha value is -5.17. The molecule has 6 rings (SSSR count). The van der Waals surface area contributed by atoms with Crippen molar-refractivity contribution >= 4 is 16.6 Å². The maximum Gasteiger partial charge on any atom is 0.282 e. The quantitative estimate of drug-likeness (QED) is 0.247. The summed E-state index contributed by atoms with van der Waals surface area (Å²) in [6.45, 7) is 0.690. The highest BCUT2D eigenvalue weighted by atomic mass is 16.5. The maximum absolute atomic E-state index is 13.7. The number of aromatic nitrogens is 3. The van der Waals surface area contributed by atoms with Gasteiger partial charge < -0.3 is 14.1 Å². The van der Waals surface area contributed by atoms with Gasteiger partial charge in [0.2, 0.25) is 5.89 Å². The summed E-state index contributed by atoms with van der Waals surface area (Å²) in [5.74, 6) is 2.21. The van der Waals surface area contributed by atoms with Crippen molar-refractivity contribution < 1.29 is 9.15 Å². The van der Waals surface area contributed by atoms with Crippen LogP contribution in [-0.2, 0) is 6.54 Å². The van der Waals surface area contributed by atoms with Gasteiger partial charge in [0, 0.05) is 36.3 Å². The Morgan fingerprint density at radius 1 is 0.897 bits per heavy atom. The van der Waals surface area contributed by atoms with Crippen molar-refractivity contribution in [1.82, 2.24) is 14.5 Å². The van der Waals surface area contributed by atoms with Crippen molar-refractivity contribution in [2.45, 2.75) is 6.54 Å². The van der Waals surface area contributed by atoms with Crippen LogP contribution in [0.25, 0.3) is 39.5 Å². The molecular formula is C32H26N4O3. The highest BCUT2D eigenvalue weighted by molar-refractivity contribution is 5.81. The van der Waals surface area contributed by atoms with E-state index in [0.717, 1.165) is 33.5 Å². The number of methoxy groups -OCH3 is 1. The van der Waals surface area contributed by atoms with E-state index in [2.05, 4.69) is 9.88 Å². The molecule has 3 aromatic heterocycles. The Morgan fingerprint density at radius 3 is 2.28 bits per heavy atom. The molecule has 0 bridgehead atoms. The molecule has 3 aromatic carbocycles. The number of hydrogen-bond acceptors (Lipinski definition) is 6. The number of nitrogens with zero attached hydrogens (tertiary/aromatic N) is 4. The Balaban J connectivity index is 1.38. The molecule has 6 aromatic rings. The lowest BCUT2D eigenvalue weighted by atomic mass is 10.1. The summed E-state index contributed by atoms with van der Waals surface area (Å²) in [5, 5.41) is 0.753. The van der Waals surface area contributed by atoms with E-state index in [-0.39, 0.29) is 5.56 Å². The molecule has 0 aliphatic rings. The molecule has 0 aliphatic carbocycles. The number of fused-ring (bicyclic) bond motifs is 1. The van der Waals surface area contributed by atoms with E-state index < -0.39 is 0 Å². The zero-order valence-corrected chi connectivity index (χ0v) is 21.6. The number of rotatable bonds is 7. The van der Waals surface area contributed by atoms with Crippen LogP contribution in [0.5, 0.6) is 5.75 Å². The summed E-state index contributed by atoms with van der Waals surface area (Å²) >= 11 is 0. The van der Waals surface area contributed by atoms with Gasteiger partial charge in [-0.3, -0.25) is 9.36 Å². The van der Waals surface area contributed by atoms with Crippen LogP contribution in [0.15, 0.2) is 119 Å². The van der Waals surface area contributed by atoms with E-state index in [0.29, 0.717) is 29.5 Å². The van der Waals surface area contributed by atoms with Gasteiger partial charge in [0.15, 0.2) is 11.6 Å². The van der Waals surface area contributed by atoms with Crippen LogP contribution < -0.4 is 15.2 Å². The number of oxazole rings is 1. The average molecular weight is 515 g/mol. The topological polar surface area (TPSA) is 73.4 Å². The molecule has 0 amide bonds. The molecule has 7 nitrogen and oxygen atoms in total. The minimum absolute atomic E-state index is 0.262. The molecule has 7 heteroatoms. The third kappa shape index (κ3) is 4.78. The Kier molecular flexibility index (Phi) is 6.39. The van der Waals surface area contributed by atoms with E-state index >= 15 is 0 Å². The monoisotopic (exact) mass is 514 g/mol. The number of ether oxygens (including phenoxy) is 1. The molecule has 0 saturated heterocycles. The van der Waals surface area contributed by atoms with E-state index in [1.165, 1.54) is 4.57 Å². The molecule has 0 saturated carbocycles. The van der Waals surface area contributed by atoms with Gasteiger partial charge in [-0.05, 0) is 42.0 Å². The molecule has 0 aliphatic heterocycles. The maximum atomic E-state index is 13.7. The Bertz CT molecular complexity index is 1790. The second-order valence-corrected chi connectivity index (χ2v) is 9.23. The molecule has 39 heavy (non-hydrogen) atoms. The molecule has 0 unspecified atom stereocenters. The highest BCUT2D eigenvalue weighted by Gasteiger charge is 2.20. The zero-order valence-electron chi connectivity index (χ0n) is 21.6. The van der Waals surface area contributed by atoms with Crippen LogP contribution in [0.3, 0.4) is 0 Å². The first-order valence-electron chi connectivity index (χ1n) is 12.6. The smallest absolute Gasteiger partial charge is 0.282 e. The van der Waals surface area contributed by atoms with Crippen LogP contribution in [0.1, 0.15) is 5.56 Å². The van der Waals surface area contributed by atoms with Crippen LogP contribution in [0.4, 0.5) is 5.69 Å². The molecule has 0 spiro atoms. The SMILES string of the molecule is COc1ccc(CN(C)c2cnc3c(=O)n(-c4nc(-c5ccccc5)oc4-c4ccccc4)ccc3c2)cc1. The lowest BCUT2D eigenvalue weighted by Crippen LogP contribution is -2.20. The summed E-state index contributed by atoms with van der Waals surface area (Å²) in [6.07, 6.45) is 3.46. The minimum atomic E-state index is -0.262. The summed E-state index contributed by atoms with van der Waals surface area (Å²) in [6, 6.07) is 31.2. The van der Waals surface area contributed by atoms with Crippen LogP contribution in [0.2, 0.25) is 0 Å². The fourth-order valence-corrected chi connectivity index (χ4v) is 4.54. The predicted molar refractivity (Wildman–Crippen MR) is 153 cm³/mol. The average Bonchev–Trinajstić information content (AvgIpc) is 3.44. The van der Waals surface area contributed by atoms with Crippen molar-refractivity contribution in [1.29, 1.82) is 0 Å². The van der Waals surface area contributed by atoms with E-state index in [1.54, 1.807) is 19.5 Å². The van der Waals surface area contributed by atoms with Crippen molar-refractivity contribution in [3.8, 4) is 34.3 Å². The van der Waals surface area contributed by atoms with Gasteiger partial charge in [-0.1, -0.05) is 60.7 Å². The van der Waals surface area contributed by atoms with E-state index in [1.807, 2.05) is 104 Å². The fraction of sp³-hybridized carbons (Fsp3) is 0.0938. The predicted octanol–water partition coefficient (Wildman–Crippen LogP) is 6.35. The number of benzene rings is 3. The molecular weight excluding hydrogens is 488 g/mol. The van der Waals surface area contributed by atoms with Crippen molar-refractivity contribution in [2.75, 3.05) is 19.1 Å². The summed E-state index contributed by atoms with van der Waals surface area (Å²) < 4.78 is 13.0. The first-order chi connectivity index (χ1) is 19.1. The Labute approximate surface area is 225 Å². The second-order valence-electron chi connectivity index (χ2n) is 9.23. The van der Waals surface area contributed by atoms with Crippen LogP contribution in [-0.4, -0.2) is 28.7 Å². The second kappa shape index (κ2) is 10.3. The van der Waals surface area contributed by atoms with Gasteiger partial charge in [-0.25, -0.2) is 4.98 Å². The Morgan fingerprint density at radius 2 is 1.59 bits per heavy atom. The largest absolute Gasteiger partial charge is 0.497 e. The van der Waals surface area contributed by atoms with Gasteiger partial charge in [0.1, 0.15) is 11.3 Å². The molecule has 0 fully saturated rings. The van der Waals surface area contributed by atoms with Crippen LogP contribution >= 0.6 is 0 Å². The van der Waals surface area contributed by atoms with Gasteiger partial charge >= 0.3 is 0 Å². The standard InChI is InChI=1S/C32H26N4O3/c1-35(21-22-13-15-27(38-2)16-14-22)26-19-25-17-18-36(32(37)28(25)33-20-26)30-29(23-9-5-3-6-10-23)39-31(34-30)24-11-7-4-8-12-24/h3-20H,21H2,1-2H3. The fourth-order valence-electron chi connectivity index (χ4n) is 4.54. The van der Waals surface area contributed by atoms with E-state index in [9.17, 15) is 4.79 Å². The lowest BCUT2D eigenvalue weighted by molar-refractivity contribution is 0.414. The number of pyridine rings is 2. The lowest BCUT2D eigenvalue weighted by Gasteiger charge is -2.19. The normalized spacial score (nSPS) is 11.0. The van der Waals surface area contributed by atoms with Crippen molar-refractivity contribution in [3.05, 3.63) is 125 Å². The van der Waals surface area contributed by atoms with Crippen molar-refractivity contribution in [2.24, 2.45) is 0 Å². The number of anilines is 1. The molecule has 0 N–H and O–H groups in total. The highest BCUT2D eigenvalue weighted by Crippen LogP contribution is 2.32. The molecule has 0 radical (unpaired) electrons. The van der Waals surface area contributed by atoms with Crippen LogP contribution in [0, 0.1) is 0 Å². The molecule has 0 atom stereocenters. The van der Waals surface area contributed by atoms with Gasteiger partial charge in [-0.15, -0.1) is 0 Å². The molecule has 192 valence electrons. The van der Waals surface area contributed by atoms with Gasteiger partial charge in [0.25, 0.3) is 5.56 Å². The molecule has 3 heterocycles. The third-order valence-corrected chi connectivity index (χ3v) is 6.64. The van der Waals surface area contributed by atoms with Crippen molar-refractivity contribution in [3.63, 3.8) is 0 Å². The number of hydrogen-bond donors (Lipinski definition) is 0. The summed E-state index contributed by atoms with van der Waals surface area (Å²) in [4.78, 5) is 25.1. The van der Waals surface area contributed by atoms with E-state index in [4.69, 9.17) is 14.1 Å². The third-order valence-electron chi connectivity index (χ3n) is 6.64. The first kappa shape index (κ1) is 24.2. The van der Waals surface area contributed by atoms with Gasteiger partial charge in [-0.2, -0.15) is 4.98 Å². The summed E-state index contributed by atoms with van der Waals surface area (Å²) in [5.41, 5.74) is 3.81. The first-order valence-corrected chi connectivity index (χ1v) is 12.6. The summed E-state index contributed by atoms with van der Waals surface area (Å²) in [7, 11) is 3.66. The van der Waals surface area contributed by atoms with Gasteiger partial charge in [0.05, 0.1) is 19.0 Å².